The van der Waals surface area contributed by atoms with E-state index in [1.807, 2.05) is 30.4 Å². The van der Waals surface area contributed by atoms with Crippen molar-refractivity contribution in [1.29, 1.82) is 0 Å². The van der Waals surface area contributed by atoms with Gasteiger partial charge in [0.1, 0.15) is 0 Å². The van der Waals surface area contributed by atoms with Gasteiger partial charge < -0.3 is 14.8 Å². The number of fused-ring (bicyclic) bond motifs is 1. The second-order valence-electron chi connectivity index (χ2n) is 6.33. The van der Waals surface area contributed by atoms with Gasteiger partial charge in [-0.05, 0) is 30.0 Å². The molecule has 1 aliphatic heterocycles. The number of carbonyl (C=O) groups is 1. The summed E-state index contributed by atoms with van der Waals surface area (Å²) in [6, 6.07) is 5.77. The maximum atomic E-state index is 11.8. The van der Waals surface area contributed by atoms with Crippen LogP contribution in [0.2, 0.25) is 0 Å². The van der Waals surface area contributed by atoms with Gasteiger partial charge in [0.15, 0.2) is 11.5 Å². The summed E-state index contributed by atoms with van der Waals surface area (Å²) in [5.74, 6) is 2.21. The number of benzene rings is 1. The van der Waals surface area contributed by atoms with Crippen LogP contribution in [0.25, 0.3) is 6.08 Å². The molecule has 1 heterocycles. The smallest absolute Gasteiger partial charge is 0.243 e. The SMILES string of the molecule is CCCCC(CC)CCNC(=O)/C=C/C=C\c1ccc2c(c1)OCO2. The van der Waals surface area contributed by atoms with Crippen LogP contribution in [0.15, 0.2) is 36.4 Å². The molecule has 1 N–H and O–H groups in total. The number of allylic oxidation sites excluding steroid dienone is 2. The molecule has 25 heavy (non-hydrogen) atoms. The Morgan fingerprint density at radius 3 is 2.84 bits per heavy atom. The monoisotopic (exact) mass is 343 g/mol. The maximum absolute atomic E-state index is 11.8. The largest absolute Gasteiger partial charge is 0.454 e. The van der Waals surface area contributed by atoms with Gasteiger partial charge in [-0.15, -0.1) is 0 Å². The molecule has 0 fully saturated rings. The third-order valence-corrected chi connectivity index (χ3v) is 4.44. The zero-order valence-electron chi connectivity index (χ0n) is 15.3. The van der Waals surface area contributed by atoms with Crippen LogP contribution in [0.1, 0.15) is 51.5 Å². The molecule has 1 atom stereocenters. The van der Waals surface area contributed by atoms with E-state index in [-0.39, 0.29) is 12.7 Å². The molecule has 0 spiro atoms. The highest BCUT2D eigenvalue weighted by Gasteiger charge is 2.12. The molecule has 0 aromatic heterocycles. The molecule has 0 aliphatic carbocycles. The first-order valence-electron chi connectivity index (χ1n) is 9.25. The van der Waals surface area contributed by atoms with Crippen molar-refractivity contribution in [3.8, 4) is 11.5 Å². The van der Waals surface area contributed by atoms with Gasteiger partial charge in [-0.2, -0.15) is 0 Å². The molecule has 1 aromatic rings. The third-order valence-electron chi connectivity index (χ3n) is 4.44. The summed E-state index contributed by atoms with van der Waals surface area (Å²) < 4.78 is 10.6. The van der Waals surface area contributed by atoms with Crippen molar-refractivity contribution in [2.45, 2.75) is 46.0 Å². The highest BCUT2D eigenvalue weighted by molar-refractivity contribution is 5.87. The minimum atomic E-state index is -0.0410. The fourth-order valence-corrected chi connectivity index (χ4v) is 2.83. The van der Waals surface area contributed by atoms with Crippen LogP contribution < -0.4 is 14.8 Å². The van der Waals surface area contributed by atoms with E-state index in [4.69, 9.17) is 9.47 Å². The van der Waals surface area contributed by atoms with E-state index >= 15 is 0 Å². The number of carbonyl (C=O) groups excluding carboxylic acids is 1. The molecular weight excluding hydrogens is 314 g/mol. The number of rotatable bonds is 10. The van der Waals surface area contributed by atoms with Crippen molar-refractivity contribution in [3.05, 3.63) is 42.0 Å². The number of unbranched alkanes of at least 4 members (excludes halogenated alkanes) is 1. The Morgan fingerprint density at radius 1 is 1.20 bits per heavy atom. The van der Waals surface area contributed by atoms with Gasteiger partial charge >= 0.3 is 0 Å². The molecule has 1 amide bonds. The molecule has 1 aromatic carbocycles. The third kappa shape index (κ3) is 6.65. The first kappa shape index (κ1) is 19.1. The fourth-order valence-electron chi connectivity index (χ4n) is 2.83. The summed E-state index contributed by atoms with van der Waals surface area (Å²) in [7, 11) is 0. The summed E-state index contributed by atoms with van der Waals surface area (Å²) in [5.41, 5.74) is 1.01. The molecule has 0 saturated heterocycles. The van der Waals surface area contributed by atoms with Crippen molar-refractivity contribution >= 4 is 12.0 Å². The molecule has 4 nitrogen and oxygen atoms in total. The average molecular weight is 343 g/mol. The number of hydrogen-bond donors (Lipinski definition) is 1. The minimum absolute atomic E-state index is 0.0410. The van der Waals surface area contributed by atoms with E-state index in [1.165, 1.54) is 25.7 Å². The van der Waals surface area contributed by atoms with Gasteiger partial charge in [0.25, 0.3) is 0 Å². The zero-order chi connectivity index (χ0) is 17.9. The van der Waals surface area contributed by atoms with Gasteiger partial charge in [-0.1, -0.05) is 63.8 Å². The topological polar surface area (TPSA) is 47.6 Å². The van der Waals surface area contributed by atoms with Gasteiger partial charge in [-0.3, -0.25) is 4.79 Å². The molecule has 1 aliphatic rings. The Balaban J connectivity index is 1.69. The van der Waals surface area contributed by atoms with E-state index in [0.29, 0.717) is 0 Å². The number of amides is 1. The Hall–Kier alpha value is -2.23. The quantitative estimate of drug-likeness (QED) is 0.494. The summed E-state index contributed by atoms with van der Waals surface area (Å²) in [6.45, 7) is 5.47. The zero-order valence-corrected chi connectivity index (χ0v) is 15.3. The Kier molecular flexibility index (Phi) is 8.10. The number of nitrogens with one attached hydrogen (secondary N) is 1. The van der Waals surface area contributed by atoms with E-state index < -0.39 is 0 Å². The normalized spacial score (nSPS) is 14.3. The lowest BCUT2D eigenvalue weighted by molar-refractivity contribution is -0.116. The van der Waals surface area contributed by atoms with Crippen molar-refractivity contribution < 1.29 is 14.3 Å². The summed E-state index contributed by atoms with van der Waals surface area (Å²) in [6.07, 6.45) is 13.1. The van der Waals surface area contributed by atoms with Gasteiger partial charge in [0.2, 0.25) is 12.7 Å². The molecule has 4 heteroatoms. The van der Waals surface area contributed by atoms with Crippen LogP contribution in [0.3, 0.4) is 0 Å². The first-order valence-corrected chi connectivity index (χ1v) is 9.25. The second-order valence-corrected chi connectivity index (χ2v) is 6.33. The van der Waals surface area contributed by atoms with E-state index in [0.717, 1.165) is 35.9 Å². The van der Waals surface area contributed by atoms with Crippen molar-refractivity contribution in [2.24, 2.45) is 5.92 Å². The van der Waals surface area contributed by atoms with E-state index in [2.05, 4.69) is 19.2 Å². The Bertz CT molecular complexity index is 607. The predicted octanol–water partition coefficient (Wildman–Crippen LogP) is 4.71. The van der Waals surface area contributed by atoms with Crippen molar-refractivity contribution in [3.63, 3.8) is 0 Å². The number of hydrogen-bond acceptors (Lipinski definition) is 3. The fraction of sp³-hybridized carbons (Fsp3) is 0.476. The van der Waals surface area contributed by atoms with Gasteiger partial charge in [0, 0.05) is 12.6 Å². The van der Waals surface area contributed by atoms with E-state index in [9.17, 15) is 4.79 Å². The summed E-state index contributed by atoms with van der Waals surface area (Å²) in [5, 5.41) is 2.96. The van der Waals surface area contributed by atoms with Crippen LogP contribution in [-0.2, 0) is 4.79 Å². The van der Waals surface area contributed by atoms with Gasteiger partial charge in [-0.25, -0.2) is 0 Å². The lowest BCUT2D eigenvalue weighted by Crippen LogP contribution is -2.23. The molecule has 0 saturated carbocycles. The van der Waals surface area contributed by atoms with Crippen LogP contribution in [-0.4, -0.2) is 19.2 Å². The molecule has 2 rings (SSSR count). The molecule has 0 radical (unpaired) electrons. The average Bonchev–Trinajstić information content (AvgIpc) is 3.09. The molecule has 1 unspecified atom stereocenters. The molecule has 136 valence electrons. The highest BCUT2D eigenvalue weighted by atomic mass is 16.7. The molecule has 0 bridgehead atoms. The Morgan fingerprint density at radius 2 is 2.04 bits per heavy atom. The van der Waals surface area contributed by atoms with Crippen molar-refractivity contribution in [2.75, 3.05) is 13.3 Å². The van der Waals surface area contributed by atoms with Gasteiger partial charge in [0.05, 0.1) is 0 Å². The maximum Gasteiger partial charge on any atom is 0.243 e. The predicted molar refractivity (Wildman–Crippen MR) is 102 cm³/mol. The van der Waals surface area contributed by atoms with Crippen LogP contribution in [0.4, 0.5) is 0 Å². The summed E-state index contributed by atoms with van der Waals surface area (Å²) in [4.78, 5) is 11.8. The lowest BCUT2D eigenvalue weighted by atomic mass is 9.96. The van der Waals surface area contributed by atoms with E-state index in [1.54, 1.807) is 12.2 Å². The highest BCUT2D eigenvalue weighted by Crippen LogP contribution is 2.32. The first-order chi connectivity index (χ1) is 12.2. The minimum Gasteiger partial charge on any atom is -0.454 e. The lowest BCUT2D eigenvalue weighted by Gasteiger charge is -2.14. The second kappa shape index (κ2) is 10.6. The van der Waals surface area contributed by atoms with Crippen LogP contribution in [0.5, 0.6) is 11.5 Å². The van der Waals surface area contributed by atoms with Crippen molar-refractivity contribution in [1.82, 2.24) is 5.32 Å². The van der Waals surface area contributed by atoms with Crippen LogP contribution in [0, 0.1) is 5.92 Å². The molecular formula is C21H29NO3. The summed E-state index contributed by atoms with van der Waals surface area (Å²) >= 11 is 0. The van der Waals surface area contributed by atoms with Crippen LogP contribution >= 0.6 is 0 Å². The standard InChI is InChI=1S/C21H29NO3/c1-3-5-8-17(4-2)13-14-22-21(23)10-7-6-9-18-11-12-19-20(15-18)25-16-24-19/h6-7,9-12,15,17H,3-5,8,13-14,16H2,1-2H3,(H,22,23)/b9-6-,10-7+. The Labute approximate surface area is 150 Å². The number of ether oxygens (including phenoxy) is 2.